The second-order valence-corrected chi connectivity index (χ2v) is 26.3. The van der Waals surface area contributed by atoms with Crippen molar-refractivity contribution in [3.8, 4) is 23.0 Å². The number of hydrogen-bond acceptors (Lipinski definition) is 17. The van der Waals surface area contributed by atoms with Gasteiger partial charge in [-0.05, 0) is 93.9 Å². The normalized spacial score (nSPS) is 30.9. The van der Waals surface area contributed by atoms with Crippen molar-refractivity contribution in [1.82, 2.24) is 17.2 Å². The molecule has 88 heavy (non-hydrogen) atoms. The zero-order chi connectivity index (χ0) is 56.2. The van der Waals surface area contributed by atoms with Gasteiger partial charge in [-0.15, -0.1) is 6.58 Å². The van der Waals surface area contributed by atoms with E-state index in [1.807, 2.05) is 18.2 Å². The summed E-state index contributed by atoms with van der Waals surface area (Å²) in [5, 5.41) is 76.4. The quantitative estimate of drug-likeness (QED) is 0.0726. The number of carbonyl (C=O) groups is 6. The Hall–Kier alpha value is -2.63. The first kappa shape index (κ1) is 91.8. The number of aliphatic hydroxyl groups is 2. The molecule has 11 unspecified atom stereocenters. The number of carbonyl (C=O) groups excluding carboxylic acids is 2. The summed E-state index contributed by atoms with van der Waals surface area (Å²) in [4.78, 5) is 66.6. The van der Waals surface area contributed by atoms with Gasteiger partial charge in [-0.2, -0.15) is 0 Å². The minimum absolute atomic E-state index is 0. The molecule has 5 saturated carbocycles. The van der Waals surface area contributed by atoms with Gasteiger partial charge in [-0.25, -0.2) is 9.59 Å². The number of ketones is 2. The topological polar surface area (TPSA) is 605 Å². The molecule has 514 valence electrons. The second kappa shape index (κ2) is 35.6. The zero-order valence-electron chi connectivity index (χ0n) is 48.6. The molecular formula is C54H89Cl2N10O18Pt4+3. The van der Waals surface area contributed by atoms with Gasteiger partial charge in [0.25, 0.3) is 0 Å². The maximum absolute atomic E-state index is 12.8. The van der Waals surface area contributed by atoms with Crippen molar-refractivity contribution in [3.05, 3.63) is 83.8 Å². The molecule has 28 nitrogen and oxygen atoms in total. The first-order valence-corrected chi connectivity index (χ1v) is 32.0. The molecule has 4 bridgehead atoms. The van der Waals surface area contributed by atoms with Gasteiger partial charge in [0.15, 0.2) is 52.2 Å². The Morgan fingerprint density at radius 2 is 1.12 bits per heavy atom. The standard InChI is InChI=1S/C21H25NO4.C19H21NO4.C6H14N2.C6H8O4.C2H2O4.2ClH.2H3N.4H2N.2H2O.4Pt/c1-22(11-12-2-3-12)9-8-20-17-13-4-5-14(23)18(17)26-19(20)15(24)6-7-21(20,25)16(22)10-13;1-2-8-20-9-7-18-15-11-3-4-12(21)16(15)24-17(18)13(22)5-6-19(18,23)14(20)10-11;7-5-3-1-2-4-6(5)8;7-4(8)6(5(9)10)2-1-3-6;3-1(4)2(5)6;;;;;;;;;;;;;;/h4-5,12,16,19,25H,2-3,6-11H2,1H3;2-4,14,17,21,23H,1,5-10H2;5-6H,1-4,7-8H2;1-3H2,(H,7,8)(H,9,10);(H,3,4)(H,5,6);2*1H;2*1H3;6*1H2;;;;/q;;;;;;;;;4*-1;;;;2*+2;+4/p-1. The van der Waals surface area contributed by atoms with Crippen LogP contribution in [0.5, 0.6) is 23.0 Å². The molecule has 0 radical (unpaired) electrons. The van der Waals surface area contributed by atoms with Crippen LogP contribution in [0.2, 0.25) is 0 Å². The van der Waals surface area contributed by atoms with Crippen molar-refractivity contribution >= 4 is 54.3 Å². The van der Waals surface area contributed by atoms with Gasteiger partial charge in [0.2, 0.25) is 0 Å². The summed E-state index contributed by atoms with van der Waals surface area (Å²) in [6, 6.07) is 7.85. The number of likely N-dealkylation sites (N-methyl/N-ethyl adjacent to an activating group) is 1. The van der Waals surface area contributed by atoms with Crippen LogP contribution >= 0.6 is 18.8 Å². The van der Waals surface area contributed by atoms with Crippen molar-refractivity contribution in [3.63, 3.8) is 0 Å². The Labute approximate surface area is 571 Å². The molecule has 13 rings (SSSR count). The van der Waals surface area contributed by atoms with E-state index in [1.54, 1.807) is 12.1 Å². The summed E-state index contributed by atoms with van der Waals surface area (Å²) in [7, 11) is 12.1. The Morgan fingerprint density at radius 3 is 1.49 bits per heavy atom. The smallest absolute Gasteiger partial charge is 0.693 e. The van der Waals surface area contributed by atoms with Crippen LogP contribution < -0.4 is 33.2 Å². The predicted molar refractivity (Wildman–Crippen MR) is 313 cm³/mol. The van der Waals surface area contributed by atoms with Crippen molar-refractivity contribution in [1.29, 1.82) is 0 Å². The summed E-state index contributed by atoms with van der Waals surface area (Å²) in [5.41, 5.74) is 10.6. The number of aliphatic carboxylic acids is 4. The Balaban J connectivity index is -0.000000525. The molecule has 2 saturated heterocycles. The molecule has 2 aromatic rings. The minimum atomic E-state index is -1.82. The molecule has 0 amide bonds. The maximum atomic E-state index is 12.8. The van der Waals surface area contributed by atoms with Crippen LogP contribution in [-0.4, -0.2) is 177 Å². The number of halogens is 2. The van der Waals surface area contributed by atoms with Crippen LogP contribution in [0, 0.1) is 11.3 Å². The minimum Gasteiger partial charge on any atom is -0.693 e. The molecule has 2 spiro atoms. The van der Waals surface area contributed by atoms with Crippen LogP contribution in [0.15, 0.2) is 36.9 Å². The molecule has 4 heterocycles. The fourth-order valence-corrected chi connectivity index (χ4v) is 15.0. The van der Waals surface area contributed by atoms with Gasteiger partial charge in [0.05, 0.1) is 36.6 Å². The molecule has 4 aliphatic heterocycles. The summed E-state index contributed by atoms with van der Waals surface area (Å²) in [6.07, 6.45) is 13.8. The van der Waals surface area contributed by atoms with E-state index in [4.69, 9.17) is 69.8 Å². The number of piperidine rings is 2. The van der Waals surface area contributed by atoms with E-state index < -0.39 is 80.0 Å². The van der Waals surface area contributed by atoms with E-state index in [1.165, 1.54) is 25.7 Å². The molecule has 34 heteroatoms. The molecule has 0 aromatic heterocycles. The summed E-state index contributed by atoms with van der Waals surface area (Å²) >= 11 is -0.472. The number of rotatable bonds is 6. The van der Waals surface area contributed by atoms with Gasteiger partial charge >= 0.3 is 101 Å². The van der Waals surface area contributed by atoms with Crippen LogP contribution in [-0.2, 0) is 132 Å². The van der Waals surface area contributed by atoms with Gasteiger partial charge in [0, 0.05) is 95.0 Å². The van der Waals surface area contributed by atoms with Gasteiger partial charge in [0.1, 0.15) is 11.6 Å². The number of phenolic OH excluding ortho intramolecular Hbond substituents is 2. The second-order valence-electron chi connectivity index (χ2n) is 23.0. The van der Waals surface area contributed by atoms with Crippen molar-refractivity contribution in [2.45, 2.75) is 168 Å². The van der Waals surface area contributed by atoms with Gasteiger partial charge < -0.3 is 114 Å². The summed E-state index contributed by atoms with van der Waals surface area (Å²) in [5.74, 6) is -4.10. The number of benzene rings is 2. The number of phenols is 2. The van der Waals surface area contributed by atoms with Crippen LogP contribution in [0.3, 0.4) is 0 Å². The fraction of sp³-hybridized carbons (Fsp3) is 0.630. The van der Waals surface area contributed by atoms with Gasteiger partial charge in [-0.1, -0.05) is 31.1 Å². The number of likely N-dealkylation sites (tertiary alicyclic amines) is 2. The van der Waals surface area contributed by atoms with E-state index in [9.17, 15) is 39.6 Å². The van der Waals surface area contributed by atoms with Crippen LogP contribution in [0.4, 0.5) is 0 Å². The largest absolute Gasteiger partial charge is 2.00 e. The van der Waals surface area contributed by atoms with Crippen molar-refractivity contribution < 1.29 is 174 Å². The number of carboxylic acid groups (broad SMARTS) is 4. The van der Waals surface area contributed by atoms with Crippen molar-refractivity contribution in [2.24, 2.45) is 22.8 Å². The third-order valence-electron chi connectivity index (χ3n) is 19.1. The average molecular weight is 2020 g/mol. The number of nitrogens with two attached hydrogens (primary N) is 6. The zero-order valence-corrected chi connectivity index (χ0v) is 59.2. The first-order valence-electron chi connectivity index (χ1n) is 26.4. The third kappa shape index (κ3) is 15.6. The molecule has 7 fully saturated rings. The maximum Gasteiger partial charge on any atom is 2.00 e. The molecule has 7 aliphatic carbocycles. The van der Waals surface area contributed by atoms with Crippen LogP contribution in [0.25, 0.3) is 24.6 Å². The molecule has 11 atom stereocenters. The van der Waals surface area contributed by atoms with Crippen molar-refractivity contribution in [2.75, 3.05) is 33.2 Å². The Bertz CT molecular complexity index is 2700. The number of ether oxygens (including phenoxy) is 2. The first-order chi connectivity index (χ1) is 36.4. The number of aromatic hydroxyl groups is 2. The predicted octanol–water partition coefficient (Wildman–Crippen LogP) is 5.58. The molecule has 11 aliphatic rings. The number of carboxylic acids is 4. The fourth-order valence-electron chi connectivity index (χ4n) is 15.0. The van der Waals surface area contributed by atoms with E-state index >= 15 is 0 Å². The summed E-state index contributed by atoms with van der Waals surface area (Å²) in [6.45, 7) is 7.45. The SMILES string of the molecule is C=CCN1CCC23c4c5ccc(O)c4OC2C(=O)CCC3(O)C1C5.C[N+]1(CC2CC2)CCC23c4c5ccc(O)c4OC2C(=O)CCC3(O)C1C5.N.N.NC1CCCCC1N.O.O.O=C(O)C(=O)O.O=C(O)C1(C(=O)O)CCC1.[Cl][Pt+2][Cl].[NH2-].[NH2-].[NH2-].[NH2-].[Pt+2].[Pt+2].[Pt]. The molecule has 30 N–H and O–H groups in total. The van der Waals surface area contributed by atoms with E-state index in [2.05, 4.69) is 18.5 Å². The van der Waals surface area contributed by atoms with E-state index in [0.717, 1.165) is 84.5 Å². The van der Waals surface area contributed by atoms with Crippen LogP contribution in [0.1, 0.15) is 119 Å². The number of hydrogen-bond donors (Lipinski definition) is 12. The molecular weight excluding hydrogens is 1930 g/mol. The average Bonchev–Trinajstić information content (AvgIpc) is 1.36. The van der Waals surface area contributed by atoms with E-state index in [-0.39, 0.29) is 171 Å². The molecule has 2 aromatic carbocycles. The van der Waals surface area contributed by atoms with Gasteiger partial charge in [-0.3, -0.25) is 24.1 Å². The number of quaternary nitrogens is 1. The number of Topliss-reactive ketones (excluding diaryl/α,β-unsaturated/α-hetero) is 2. The summed E-state index contributed by atoms with van der Waals surface area (Å²) < 4.78 is 13.0. The van der Waals surface area contributed by atoms with E-state index in [0.29, 0.717) is 56.4 Å². The Morgan fingerprint density at radius 1 is 0.705 bits per heavy atom. The third-order valence-corrected chi connectivity index (χ3v) is 19.1. The Kier molecular flexibility index (Phi) is 37.1. The number of nitrogens with zero attached hydrogens (tertiary/aromatic N) is 2. The monoisotopic (exact) mass is 2020 g/mol.